The predicted octanol–water partition coefficient (Wildman–Crippen LogP) is 4.97. The normalized spacial score (nSPS) is 10.8. The smallest absolute Gasteiger partial charge is 0.254 e. The molecule has 19 heavy (non-hydrogen) atoms. The lowest BCUT2D eigenvalue weighted by Crippen LogP contribution is -2.41. The second-order valence-electron chi connectivity index (χ2n) is 4.29. The molecule has 0 radical (unpaired) electrons. The zero-order valence-corrected chi connectivity index (χ0v) is 14.2. The second kappa shape index (κ2) is 8.13. The molecule has 0 atom stereocenters. The van der Waals surface area contributed by atoms with Crippen molar-refractivity contribution in [2.45, 2.75) is 32.7 Å². The molecule has 0 saturated carbocycles. The molecular weight excluding hydrogens is 349 g/mol. The largest absolute Gasteiger partial charge is 0.334 e. The van der Waals surface area contributed by atoms with E-state index in [1.807, 2.05) is 4.90 Å². The molecule has 0 saturated heterocycles. The molecule has 106 valence electrons. The summed E-state index contributed by atoms with van der Waals surface area (Å²) in [6, 6.07) is 5.46. The van der Waals surface area contributed by atoms with Gasteiger partial charge in [0.1, 0.15) is 0 Å². The van der Waals surface area contributed by atoms with Gasteiger partial charge >= 0.3 is 0 Å². The average Bonchev–Trinajstić information content (AvgIpc) is 2.41. The van der Waals surface area contributed by atoms with Gasteiger partial charge in [0, 0.05) is 28.5 Å². The predicted molar refractivity (Wildman–Crippen MR) is 85.3 cm³/mol. The molecule has 0 spiro atoms. The summed E-state index contributed by atoms with van der Waals surface area (Å²) in [5, 5.41) is 0.600. The number of hydrogen-bond donors (Lipinski definition) is 0. The van der Waals surface area contributed by atoms with Crippen molar-refractivity contribution in [2.75, 3.05) is 12.4 Å². The SMILES string of the molecule is CCC(CC)N(CCCl)C(=O)c1ccc(Cl)c(Br)c1. The van der Waals surface area contributed by atoms with E-state index in [-0.39, 0.29) is 11.9 Å². The van der Waals surface area contributed by atoms with Gasteiger partial charge in [0.15, 0.2) is 0 Å². The first-order valence-electron chi connectivity index (χ1n) is 6.37. The Kier molecular flexibility index (Phi) is 7.19. The summed E-state index contributed by atoms with van der Waals surface area (Å²) in [5.41, 5.74) is 0.633. The highest BCUT2D eigenvalue weighted by Gasteiger charge is 2.22. The Morgan fingerprint density at radius 2 is 2.00 bits per heavy atom. The van der Waals surface area contributed by atoms with E-state index in [0.29, 0.717) is 23.0 Å². The maximum absolute atomic E-state index is 12.6. The highest BCUT2D eigenvalue weighted by Crippen LogP contribution is 2.24. The van der Waals surface area contributed by atoms with Crippen LogP contribution in [0.4, 0.5) is 0 Å². The summed E-state index contributed by atoms with van der Waals surface area (Å²) in [4.78, 5) is 14.4. The number of carbonyl (C=O) groups excluding carboxylic acids is 1. The van der Waals surface area contributed by atoms with Crippen LogP contribution in [0.2, 0.25) is 5.02 Å². The van der Waals surface area contributed by atoms with Gasteiger partial charge in [0.05, 0.1) is 5.02 Å². The minimum atomic E-state index is 0.00622. The number of rotatable bonds is 6. The third kappa shape index (κ3) is 4.37. The van der Waals surface area contributed by atoms with Crippen molar-refractivity contribution in [1.82, 2.24) is 4.90 Å². The van der Waals surface area contributed by atoms with Crippen LogP contribution in [-0.4, -0.2) is 29.3 Å². The molecule has 1 aromatic rings. The standard InChI is InChI=1S/C14H18BrCl2NO/c1-3-11(4-2)18(8-7-16)14(19)10-5-6-13(17)12(15)9-10/h5-6,9,11H,3-4,7-8H2,1-2H3. The minimum absolute atomic E-state index is 0.00622. The maximum atomic E-state index is 12.6. The van der Waals surface area contributed by atoms with Gasteiger partial charge in [0.25, 0.3) is 5.91 Å². The van der Waals surface area contributed by atoms with Gasteiger partial charge < -0.3 is 4.90 Å². The molecule has 2 nitrogen and oxygen atoms in total. The lowest BCUT2D eigenvalue weighted by atomic mass is 10.1. The van der Waals surface area contributed by atoms with Crippen LogP contribution in [0.3, 0.4) is 0 Å². The Labute approximate surface area is 133 Å². The molecule has 0 unspecified atom stereocenters. The average molecular weight is 367 g/mol. The second-order valence-corrected chi connectivity index (χ2v) is 5.93. The molecule has 0 aliphatic rings. The molecule has 1 rings (SSSR count). The monoisotopic (exact) mass is 365 g/mol. The van der Waals surface area contributed by atoms with E-state index in [1.165, 1.54) is 0 Å². The number of carbonyl (C=O) groups is 1. The molecule has 5 heteroatoms. The fourth-order valence-electron chi connectivity index (χ4n) is 2.07. The Morgan fingerprint density at radius 1 is 1.37 bits per heavy atom. The van der Waals surface area contributed by atoms with Crippen LogP contribution in [0.5, 0.6) is 0 Å². The summed E-state index contributed by atoms with van der Waals surface area (Å²) in [5.74, 6) is 0.448. The third-order valence-corrected chi connectivity index (χ3v) is 4.52. The molecule has 0 N–H and O–H groups in total. The summed E-state index contributed by atoms with van der Waals surface area (Å²) >= 11 is 15.1. The lowest BCUT2D eigenvalue weighted by molar-refractivity contribution is 0.0681. The molecule has 1 amide bonds. The molecule has 0 bridgehead atoms. The number of halogens is 3. The highest BCUT2D eigenvalue weighted by atomic mass is 79.9. The van der Waals surface area contributed by atoms with E-state index >= 15 is 0 Å². The van der Waals surface area contributed by atoms with Gasteiger partial charge in [-0.25, -0.2) is 0 Å². The van der Waals surface area contributed by atoms with Crippen LogP contribution < -0.4 is 0 Å². The first kappa shape index (κ1) is 16.8. The first-order valence-corrected chi connectivity index (χ1v) is 8.07. The third-order valence-electron chi connectivity index (χ3n) is 3.14. The highest BCUT2D eigenvalue weighted by molar-refractivity contribution is 9.10. The van der Waals surface area contributed by atoms with E-state index in [1.54, 1.807) is 18.2 Å². The van der Waals surface area contributed by atoms with Crippen molar-refractivity contribution in [3.63, 3.8) is 0 Å². The molecule has 0 fully saturated rings. The Morgan fingerprint density at radius 3 is 2.47 bits per heavy atom. The molecule has 0 heterocycles. The van der Waals surface area contributed by atoms with Gasteiger partial charge in [-0.1, -0.05) is 25.4 Å². The van der Waals surface area contributed by atoms with Crippen molar-refractivity contribution in [1.29, 1.82) is 0 Å². The van der Waals surface area contributed by atoms with Gasteiger partial charge in [-0.2, -0.15) is 0 Å². The number of amides is 1. The van der Waals surface area contributed by atoms with E-state index in [2.05, 4.69) is 29.8 Å². The van der Waals surface area contributed by atoms with Gasteiger partial charge in [-0.15, -0.1) is 11.6 Å². The Bertz CT molecular complexity index is 435. The van der Waals surface area contributed by atoms with Gasteiger partial charge in [0.2, 0.25) is 0 Å². The van der Waals surface area contributed by atoms with E-state index in [9.17, 15) is 4.79 Å². The van der Waals surface area contributed by atoms with Crippen LogP contribution in [0.25, 0.3) is 0 Å². The van der Waals surface area contributed by atoms with Crippen molar-refractivity contribution in [3.8, 4) is 0 Å². The molecule has 0 aliphatic heterocycles. The number of benzene rings is 1. The first-order chi connectivity index (χ1) is 9.04. The molecule has 0 aliphatic carbocycles. The van der Waals surface area contributed by atoms with Gasteiger partial charge in [-0.3, -0.25) is 4.79 Å². The van der Waals surface area contributed by atoms with E-state index < -0.39 is 0 Å². The number of hydrogen-bond acceptors (Lipinski definition) is 1. The quantitative estimate of drug-likeness (QED) is 0.650. The van der Waals surface area contributed by atoms with E-state index in [0.717, 1.165) is 17.3 Å². The fourth-order valence-corrected chi connectivity index (χ4v) is 2.74. The van der Waals surface area contributed by atoms with Crippen molar-refractivity contribution < 1.29 is 4.79 Å². The fraction of sp³-hybridized carbons (Fsp3) is 0.500. The molecule has 1 aromatic carbocycles. The number of alkyl halides is 1. The lowest BCUT2D eigenvalue weighted by Gasteiger charge is -2.30. The topological polar surface area (TPSA) is 20.3 Å². The van der Waals surface area contributed by atoms with Crippen molar-refractivity contribution >= 4 is 45.0 Å². The zero-order chi connectivity index (χ0) is 14.4. The molecular formula is C14H18BrCl2NO. The Balaban J connectivity index is 3.01. The summed E-state index contributed by atoms with van der Waals surface area (Å²) in [6.07, 6.45) is 1.85. The zero-order valence-electron chi connectivity index (χ0n) is 11.1. The summed E-state index contributed by atoms with van der Waals surface area (Å²) < 4.78 is 0.732. The van der Waals surface area contributed by atoms with Crippen LogP contribution >= 0.6 is 39.1 Å². The van der Waals surface area contributed by atoms with Crippen LogP contribution in [0.15, 0.2) is 22.7 Å². The van der Waals surface area contributed by atoms with Crippen molar-refractivity contribution in [2.24, 2.45) is 0 Å². The maximum Gasteiger partial charge on any atom is 0.254 e. The molecule has 0 aromatic heterocycles. The van der Waals surface area contributed by atoms with Crippen LogP contribution in [0.1, 0.15) is 37.0 Å². The number of nitrogens with zero attached hydrogens (tertiary/aromatic N) is 1. The summed E-state index contributed by atoms with van der Waals surface area (Å²) in [6.45, 7) is 4.73. The summed E-state index contributed by atoms with van der Waals surface area (Å²) in [7, 11) is 0. The Hall–Kier alpha value is -0.250. The van der Waals surface area contributed by atoms with E-state index in [4.69, 9.17) is 23.2 Å². The van der Waals surface area contributed by atoms with Crippen molar-refractivity contribution in [3.05, 3.63) is 33.3 Å². The minimum Gasteiger partial charge on any atom is -0.334 e. The van der Waals surface area contributed by atoms with Crippen LogP contribution in [-0.2, 0) is 0 Å². The van der Waals surface area contributed by atoms with Gasteiger partial charge in [-0.05, 0) is 47.0 Å². The van der Waals surface area contributed by atoms with Crippen LogP contribution in [0, 0.1) is 0 Å².